The molecule has 162 valence electrons. The number of piperidine rings is 1. The van der Waals surface area contributed by atoms with Gasteiger partial charge in [0.05, 0.1) is 33.1 Å². The molecule has 2 aliphatic rings. The Balaban J connectivity index is 1.27. The van der Waals surface area contributed by atoms with Gasteiger partial charge in [0.15, 0.2) is 0 Å². The third-order valence-electron chi connectivity index (χ3n) is 5.74. The van der Waals surface area contributed by atoms with Crippen LogP contribution >= 0.6 is 11.3 Å². The minimum Gasteiger partial charge on any atom is -0.493 e. The van der Waals surface area contributed by atoms with Gasteiger partial charge in [-0.25, -0.2) is 17.8 Å². The highest BCUT2D eigenvalue weighted by Crippen LogP contribution is 2.31. The first kappa shape index (κ1) is 20.3. The maximum atomic E-state index is 14.9. The Morgan fingerprint density at radius 2 is 2.13 bits per heavy atom. The largest absolute Gasteiger partial charge is 0.493 e. The first-order valence-corrected chi connectivity index (χ1v) is 12.3. The summed E-state index contributed by atoms with van der Waals surface area (Å²) in [6, 6.07) is 10.1. The van der Waals surface area contributed by atoms with E-state index < -0.39 is 28.0 Å². The van der Waals surface area contributed by atoms with Crippen LogP contribution in [-0.4, -0.2) is 49.5 Å². The van der Waals surface area contributed by atoms with Crippen molar-refractivity contribution in [3.63, 3.8) is 0 Å². The maximum absolute atomic E-state index is 14.9. The summed E-state index contributed by atoms with van der Waals surface area (Å²) in [6.45, 7) is 0.264. The standard InChI is InChI=1S/C21H20FN3O4S2/c22-17-11-25(31(27,28)15-2-3-19-13(9-15)6-8-29-19)7-5-16(17)21(26)24-14-1-4-20-18(10-14)23-12-30-20/h1-4,9-10,12,16-17H,5-8,11H2,(H,24,26). The topological polar surface area (TPSA) is 88.6 Å². The predicted molar refractivity (Wildman–Crippen MR) is 116 cm³/mol. The number of alkyl halides is 1. The quantitative estimate of drug-likeness (QED) is 0.645. The van der Waals surface area contributed by atoms with Crippen LogP contribution in [0.3, 0.4) is 0 Å². The molecule has 1 aromatic heterocycles. The Labute approximate surface area is 182 Å². The Kier molecular flexibility index (Phi) is 5.15. The van der Waals surface area contributed by atoms with Crippen LogP contribution in [0.25, 0.3) is 10.2 Å². The molecule has 3 aromatic rings. The summed E-state index contributed by atoms with van der Waals surface area (Å²) in [4.78, 5) is 17.0. The summed E-state index contributed by atoms with van der Waals surface area (Å²) in [5, 5.41) is 2.74. The summed E-state index contributed by atoms with van der Waals surface area (Å²) < 4.78 is 48.5. The zero-order chi connectivity index (χ0) is 21.6. The number of aromatic nitrogens is 1. The molecule has 0 bridgehead atoms. The third-order valence-corrected chi connectivity index (χ3v) is 8.41. The fourth-order valence-corrected chi connectivity index (χ4v) is 6.21. The molecule has 1 N–H and O–H groups in total. The number of anilines is 1. The van der Waals surface area contributed by atoms with Crippen molar-refractivity contribution in [3.8, 4) is 5.75 Å². The number of rotatable bonds is 4. The first-order valence-electron chi connectivity index (χ1n) is 9.96. The van der Waals surface area contributed by atoms with Crippen LogP contribution in [0.4, 0.5) is 10.1 Å². The molecule has 1 fully saturated rings. The Hall–Kier alpha value is -2.56. The summed E-state index contributed by atoms with van der Waals surface area (Å²) >= 11 is 1.50. The number of hydrogen-bond acceptors (Lipinski definition) is 6. The van der Waals surface area contributed by atoms with E-state index in [1.54, 1.807) is 29.8 Å². The van der Waals surface area contributed by atoms with E-state index in [1.807, 2.05) is 6.07 Å². The van der Waals surface area contributed by atoms with Crippen molar-refractivity contribution in [1.82, 2.24) is 9.29 Å². The first-order chi connectivity index (χ1) is 14.9. The zero-order valence-corrected chi connectivity index (χ0v) is 18.1. The molecule has 2 atom stereocenters. The normalized spacial score (nSPS) is 21.6. The van der Waals surface area contributed by atoms with Crippen molar-refractivity contribution in [3.05, 3.63) is 47.5 Å². The maximum Gasteiger partial charge on any atom is 0.243 e. The molecule has 0 saturated carbocycles. The zero-order valence-electron chi connectivity index (χ0n) is 16.5. The van der Waals surface area contributed by atoms with Crippen LogP contribution in [0, 0.1) is 5.92 Å². The third kappa shape index (κ3) is 3.79. The van der Waals surface area contributed by atoms with Gasteiger partial charge in [-0.2, -0.15) is 4.31 Å². The van der Waals surface area contributed by atoms with Crippen molar-refractivity contribution >= 4 is 43.2 Å². The summed E-state index contributed by atoms with van der Waals surface area (Å²) in [7, 11) is -3.84. The average molecular weight is 462 g/mol. The Morgan fingerprint density at radius 3 is 2.97 bits per heavy atom. The monoisotopic (exact) mass is 461 g/mol. The average Bonchev–Trinajstić information content (AvgIpc) is 3.41. The minimum absolute atomic E-state index is 0.0829. The van der Waals surface area contributed by atoms with Crippen LogP contribution in [0.5, 0.6) is 5.75 Å². The van der Waals surface area contributed by atoms with Crippen LogP contribution in [-0.2, 0) is 21.2 Å². The minimum atomic E-state index is -3.84. The fourth-order valence-electron chi connectivity index (χ4n) is 4.03. The van der Waals surface area contributed by atoms with E-state index in [0.29, 0.717) is 24.5 Å². The predicted octanol–water partition coefficient (Wildman–Crippen LogP) is 3.22. The molecule has 2 unspecified atom stereocenters. The van der Waals surface area contributed by atoms with Gasteiger partial charge >= 0.3 is 0 Å². The van der Waals surface area contributed by atoms with Gasteiger partial charge in [0, 0.05) is 25.2 Å². The molecular weight excluding hydrogens is 441 g/mol. The molecule has 0 spiro atoms. The molecule has 31 heavy (non-hydrogen) atoms. The fraction of sp³-hybridized carbons (Fsp3) is 0.333. The number of hydrogen-bond donors (Lipinski definition) is 1. The molecule has 5 rings (SSSR count). The molecule has 7 nitrogen and oxygen atoms in total. The molecule has 0 radical (unpaired) electrons. The van der Waals surface area contributed by atoms with Crippen LogP contribution in [0.15, 0.2) is 46.8 Å². The van der Waals surface area contributed by atoms with Crippen LogP contribution in [0.2, 0.25) is 0 Å². The lowest BCUT2D eigenvalue weighted by Gasteiger charge is -2.33. The molecule has 3 heterocycles. The van der Waals surface area contributed by atoms with E-state index in [-0.39, 0.29) is 24.4 Å². The van der Waals surface area contributed by atoms with Gasteiger partial charge in [-0.15, -0.1) is 11.3 Å². The van der Waals surface area contributed by atoms with Gasteiger partial charge < -0.3 is 10.1 Å². The van der Waals surface area contributed by atoms with Gasteiger partial charge in [0.25, 0.3) is 0 Å². The highest BCUT2D eigenvalue weighted by molar-refractivity contribution is 7.89. The highest BCUT2D eigenvalue weighted by Gasteiger charge is 2.39. The van der Waals surface area contributed by atoms with E-state index >= 15 is 0 Å². The molecule has 2 aliphatic heterocycles. The Bertz CT molecular complexity index is 1260. The van der Waals surface area contributed by atoms with E-state index in [0.717, 1.165) is 20.1 Å². The lowest BCUT2D eigenvalue weighted by Crippen LogP contribution is -2.48. The number of carbonyl (C=O) groups excluding carboxylic acids is 1. The highest BCUT2D eigenvalue weighted by atomic mass is 32.2. The van der Waals surface area contributed by atoms with Gasteiger partial charge in [-0.3, -0.25) is 4.79 Å². The second kappa shape index (κ2) is 7.85. The molecule has 10 heteroatoms. The van der Waals surface area contributed by atoms with Gasteiger partial charge in [0.1, 0.15) is 11.9 Å². The molecule has 0 aliphatic carbocycles. The molecule has 1 amide bonds. The number of sulfonamides is 1. The van der Waals surface area contributed by atoms with Crippen LogP contribution in [0.1, 0.15) is 12.0 Å². The number of fused-ring (bicyclic) bond motifs is 2. The number of nitrogens with one attached hydrogen (secondary N) is 1. The van der Waals surface area contributed by atoms with Gasteiger partial charge in [-0.1, -0.05) is 0 Å². The number of thiazole rings is 1. The van der Waals surface area contributed by atoms with Crippen LogP contribution < -0.4 is 10.1 Å². The summed E-state index contributed by atoms with van der Waals surface area (Å²) in [6.07, 6.45) is -0.831. The Morgan fingerprint density at radius 1 is 1.26 bits per heavy atom. The van der Waals surface area contributed by atoms with E-state index in [2.05, 4.69) is 10.3 Å². The summed E-state index contributed by atoms with van der Waals surface area (Å²) in [5.74, 6) is -0.673. The van der Waals surface area contributed by atoms with Gasteiger partial charge in [0.2, 0.25) is 15.9 Å². The number of amides is 1. The van der Waals surface area contributed by atoms with E-state index in [1.165, 1.54) is 17.4 Å². The second-order valence-corrected chi connectivity index (χ2v) is 10.5. The molecule has 2 aromatic carbocycles. The lowest BCUT2D eigenvalue weighted by atomic mass is 9.95. The second-order valence-electron chi connectivity index (χ2n) is 7.67. The molecule has 1 saturated heterocycles. The number of benzene rings is 2. The van der Waals surface area contributed by atoms with Crippen molar-refractivity contribution in [2.24, 2.45) is 5.92 Å². The van der Waals surface area contributed by atoms with E-state index in [4.69, 9.17) is 4.74 Å². The van der Waals surface area contributed by atoms with Crippen molar-refractivity contribution in [1.29, 1.82) is 0 Å². The van der Waals surface area contributed by atoms with E-state index in [9.17, 15) is 17.6 Å². The number of halogens is 1. The summed E-state index contributed by atoms with van der Waals surface area (Å²) in [5.41, 5.74) is 3.87. The smallest absolute Gasteiger partial charge is 0.243 e. The van der Waals surface area contributed by atoms with Crippen molar-refractivity contribution in [2.75, 3.05) is 25.0 Å². The lowest BCUT2D eigenvalue weighted by molar-refractivity contribution is -0.123. The van der Waals surface area contributed by atoms with Crippen molar-refractivity contribution < 1.29 is 22.3 Å². The number of ether oxygens (including phenoxy) is 1. The molecular formula is C21H20FN3O4S2. The SMILES string of the molecule is O=C(Nc1ccc2scnc2c1)C1CCN(S(=O)(=O)c2ccc3c(c2)CCO3)CC1F. The number of carbonyl (C=O) groups is 1. The number of nitrogens with zero attached hydrogens (tertiary/aromatic N) is 2. The van der Waals surface area contributed by atoms with Gasteiger partial charge in [-0.05, 0) is 48.4 Å². The van der Waals surface area contributed by atoms with Crippen molar-refractivity contribution in [2.45, 2.75) is 23.9 Å².